The summed E-state index contributed by atoms with van der Waals surface area (Å²) in [6.07, 6.45) is 4.27. The van der Waals surface area contributed by atoms with Crippen LogP contribution in [0.15, 0.2) is 6.33 Å². The van der Waals surface area contributed by atoms with Crippen LogP contribution in [0.4, 0.5) is 0 Å². The molecule has 0 aromatic carbocycles. The Balaban J connectivity index is 1.79. The second-order valence-corrected chi connectivity index (χ2v) is 3.62. The molecule has 14 heavy (non-hydrogen) atoms. The molecule has 5 heteroatoms. The van der Waals surface area contributed by atoms with Crippen molar-refractivity contribution in [3.8, 4) is 0 Å². The van der Waals surface area contributed by atoms with E-state index in [2.05, 4.69) is 15.5 Å². The molecule has 1 N–H and O–H groups in total. The first-order valence-corrected chi connectivity index (χ1v) is 5.01. The first-order valence-electron chi connectivity index (χ1n) is 5.01. The smallest absolute Gasteiger partial charge is 0.158 e. The van der Waals surface area contributed by atoms with Crippen molar-refractivity contribution in [1.82, 2.24) is 20.1 Å². The Hall–Kier alpha value is -0.940. The van der Waals surface area contributed by atoms with Crippen molar-refractivity contribution in [3.05, 3.63) is 12.2 Å². The van der Waals surface area contributed by atoms with Crippen LogP contribution in [0.3, 0.4) is 0 Å². The Kier molecular flexibility index (Phi) is 3.10. The third-order valence-electron chi connectivity index (χ3n) is 2.54. The normalized spacial score (nSPS) is 18.6. The molecule has 0 unspecified atom stereocenters. The lowest BCUT2D eigenvalue weighted by molar-refractivity contribution is 0.0167. The molecule has 0 spiro atoms. The molecular formula is C9H16N4O. The predicted molar refractivity (Wildman–Crippen MR) is 51.7 cm³/mol. The van der Waals surface area contributed by atoms with E-state index in [4.69, 9.17) is 4.74 Å². The summed E-state index contributed by atoms with van der Waals surface area (Å²) in [4.78, 5) is 0. The molecule has 0 bridgehead atoms. The van der Waals surface area contributed by atoms with E-state index in [0.717, 1.165) is 31.8 Å². The van der Waals surface area contributed by atoms with E-state index in [1.165, 1.54) is 0 Å². The van der Waals surface area contributed by atoms with Crippen molar-refractivity contribution in [2.75, 3.05) is 13.1 Å². The molecule has 0 amide bonds. The summed E-state index contributed by atoms with van der Waals surface area (Å²) in [5.74, 6) is 0.892. The molecule has 1 aliphatic rings. The molecule has 0 aliphatic carbocycles. The SMILES string of the molecule is Cn1cnnc1COC1CCNCC1. The molecule has 2 rings (SSSR count). The minimum atomic E-state index is 0.382. The van der Waals surface area contributed by atoms with Crippen molar-refractivity contribution in [2.45, 2.75) is 25.6 Å². The van der Waals surface area contributed by atoms with Crippen LogP contribution in [0.25, 0.3) is 0 Å². The average molecular weight is 196 g/mol. The van der Waals surface area contributed by atoms with Gasteiger partial charge in [-0.25, -0.2) is 0 Å². The highest BCUT2D eigenvalue weighted by Crippen LogP contribution is 2.09. The zero-order valence-electron chi connectivity index (χ0n) is 8.44. The number of piperidine rings is 1. The Bertz CT molecular complexity index is 280. The van der Waals surface area contributed by atoms with E-state index < -0.39 is 0 Å². The lowest BCUT2D eigenvalue weighted by atomic mass is 10.1. The second-order valence-electron chi connectivity index (χ2n) is 3.62. The first-order chi connectivity index (χ1) is 6.86. The molecule has 2 heterocycles. The van der Waals surface area contributed by atoms with Gasteiger partial charge in [-0.2, -0.15) is 0 Å². The highest BCUT2D eigenvalue weighted by atomic mass is 16.5. The van der Waals surface area contributed by atoms with Crippen molar-refractivity contribution in [3.63, 3.8) is 0 Å². The summed E-state index contributed by atoms with van der Waals surface area (Å²) in [5, 5.41) is 11.1. The fraction of sp³-hybridized carbons (Fsp3) is 0.778. The average Bonchev–Trinajstić information content (AvgIpc) is 2.63. The van der Waals surface area contributed by atoms with Gasteiger partial charge in [-0.3, -0.25) is 0 Å². The number of aromatic nitrogens is 3. The van der Waals surface area contributed by atoms with E-state index in [0.29, 0.717) is 12.7 Å². The van der Waals surface area contributed by atoms with Crippen LogP contribution < -0.4 is 5.32 Å². The molecule has 1 fully saturated rings. The van der Waals surface area contributed by atoms with Gasteiger partial charge >= 0.3 is 0 Å². The molecule has 78 valence electrons. The lowest BCUT2D eigenvalue weighted by Gasteiger charge is -2.22. The molecular weight excluding hydrogens is 180 g/mol. The summed E-state index contributed by atoms with van der Waals surface area (Å²) < 4.78 is 7.63. The summed E-state index contributed by atoms with van der Waals surface area (Å²) in [7, 11) is 1.93. The maximum Gasteiger partial charge on any atom is 0.158 e. The van der Waals surface area contributed by atoms with Crippen LogP contribution in [-0.4, -0.2) is 34.0 Å². The van der Waals surface area contributed by atoms with Gasteiger partial charge in [0, 0.05) is 7.05 Å². The van der Waals surface area contributed by atoms with Gasteiger partial charge in [-0.05, 0) is 25.9 Å². The number of ether oxygens (including phenoxy) is 1. The van der Waals surface area contributed by atoms with Gasteiger partial charge in [0.15, 0.2) is 5.82 Å². The van der Waals surface area contributed by atoms with Crippen LogP contribution in [0.2, 0.25) is 0 Å². The number of aryl methyl sites for hydroxylation is 1. The fourth-order valence-corrected chi connectivity index (χ4v) is 1.59. The summed E-state index contributed by atoms with van der Waals surface area (Å²) in [5.41, 5.74) is 0. The van der Waals surface area contributed by atoms with E-state index in [1.54, 1.807) is 6.33 Å². The number of rotatable bonds is 3. The minimum Gasteiger partial charge on any atom is -0.370 e. The molecule has 1 aliphatic heterocycles. The Morgan fingerprint density at radius 1 is 1.57 bits per heavy atom. The highest BCUT2D eigenvalue weighted by molar-refractivity contribution is 4.81. The highest BCUT2D eigenvalue weighted by Gasteiger charge is 2.14. The maximum atomic E-state index is 5.74. The topological polar surface area (TPSA) is 52.0 Å². The fourth-order valence-electron chi connectivity index (χ4n) is 1.59. The molecule has 5 nitrogen and oxygen atoms in total. The van der Waals surface area contributed by atoms with Crippen LogP contribution >= 0.6 is 0 Å². The van der Waals surface area contributed by atoms with Gasteiger partial charge in [0.2, 0.25) is 0 Å². The quantitative estimate of drug-likeness (QED) is 0.744. The number of hydrogen-bond donors (Lipinski definition) is 1. The molecule has 1 aromatic rings. The molecule has 1 aromatic heterocycles. The predicted octanol–water partition coefficient (Wildman–Crippen LogP) is 0.0837. The van der Waals surface area contributed by atoms with Gasteiger partial charge < -0.3 is 14.6 Å². The van der Waals surface area contributed by atoms with Crippen LogP contribution in [-0.2, 0) is 18.4 Å². The van der Waals surface area contributed by atoms with Gasteiger partial charge in [0.25, 0.3) is 0 Å². The Morgan fingerprint density at radius 3 is 3.00 bits per heavy atom. The number of nitrogens with zero attached hydrogens (tertiary/aromatic N) is 3. The molecule has 0 radical (unpaired) electrons. The van der Waals surface area contributed by atoms with E-state index in [9.17, 15) is 0 Å². The second kappa shape index (κ2) is 4.52. The number of nitrogens with one attached hydrogen (secondary N) is 1. The summed E-state index contributed by atoms with van der Waals surface area (Å²) >= 11 is 0. The Labute approximate surface area is 83.5 Å². The third kappa shape index (κ3) is 2.30. The van der Waals surface area contributed by atoms with Crippen molar-refractivity contribution in [1.29, 1.82) is 0 Å². The standard InChI is InChI=1S/C9H16N4O/c1-13-7-11-12-9(13)6-14-8-2-4-10-5-3-8/h7-8,10H,2-6H2,1H3. The third-order valence-corrected chi connectivity index (χ3v) is 2.54. The summed E-state index contributed by atoms with van der Waals surface area (Å²) in [6.45, 7) is 2.69. The maximum absolute atomic E-state index is 5.74. The monoisotopic (exact) mass is 196 g/mol. The van der Waals surface area contributed by atoms with Crippen LogP contribution in [0.5, 0.6) is 0 Å². The summed E-state index contributed by atoms with van der Waals surface area (Å²) in [6, 6.07) is 0. The molecule has 1 saturated heterocycles. The van der Waals surface area contributed by atoms with Gasteiger partial charge in [-0.15, -0.1) is 10.2 Å². The zero-order valence-corrected chi connectivity index (χ0v) is 8.44. The van der Waals surface area contributed by atoms with E-state index in [-0.39, 0.29) is 0 Å². The van der Waals surface area contributed by atoms with Gasteiger partial charge in [0.1, 0.15) is 12.9 Å². The zero-order chi connectivity index (χ0) is 9.80. The van der Waals surface area contributed by atoms with Crippen molar-refractivity contribution in [2.24, 2.45) is 7.05 Å². The van der Waals surface area contributed by atoms with Gasteiger partial charge in [0.05, 0.1) is 6.10 Å². The largest absolute Gasteiger partial charge is 0.370 e. The molecule has 0 atom stereocenters. The van der Waals surface area contributed by atoms with Gasteiger partial charge in [-0.1, -0.05) is 0 Å². The minimum absolute atomic E-state index is 0.382. The first kappa shape index (κ1) is 9.61. The molecule has 0 saturated carbocycles. The lowest BCUT2D eigenvalue weighted by Crippen LogP contribution is -2.32. The Morgan fingerprint density at radius 2 is 2.36 bits per heavy atom. The van der Waals surface area contributed by atoms with Crippen molar-refractivity contribution >= 4 is 0 Å². The number of hydrogen-bond acceptors (Lipinski definition) is 4. The van der Waals surface area contributed by atoms with E-state index >= 15 is 0 Å². The van der Waals surface area contributed by atoms with E-state index in [1.807, 2.05) is 11.6 Å². The van der Waals surface area contributed by atoms with Crippen LogP contribution in [0.1, 0.15) is 18.7 Å². The van der Waals surface area contributed by atoms with Crippen LogP contribution in [0, 0.1) is 0 Å². The van der Waals surface area contributed by atoms with Crippen molar-refractivity contribution < 1.29 is 4.74 Å².